The monoisotopic (exact) mass is 414 g/mol. The summed E-state index contributed by atoms with van der Waals surface area (Å²) in [5.74, 6) is -0.942. The highest BCUT2D eigenvalue weighted by atomic mass is 16.5. The van der Waals surface area contributed by atoms with Gasteiger partial charge in [-0.1, -0.05) is 60.7 Å². The van der Waals surface area contributed by atoms with Gasteiger partial charge in [-0.15, -0.1) is 0 Å². The van der Waals surface area contributed by atoms with Crippen LogP contribution in [0.3, 0.4) is 0 Å². The van der Waals surface area contributed by atoms with Crippen molar-refractivity contribution in [3.63, 3.8) is 0 Å². The molecule has 6 heteroatoms. The third-order valence-corrected chi connectivity index (χ3v) is 4.26. The van der Waals surface area contributed by atoms with Crippen molar-refractivity contribution in [2.45, 2.75) is 13.5 Å². The first-order chi connectivity index (χ1) is 15.0. The van der Waals surface area contributed by atoms with E-state index in [4.69, 9.17) is 4.74 Å². The van der Waals surface area contributed by atoms with E-state index in [9.17, 15) is 14.4 Å². The summed E-state index contributed by atoms with van der Waals surface area (Å²) in [4.78, 5) is 36.7. The van der Waals surface area contributed by atoms with Gasteiger partial charge >= 0.3 is 5.97 Å². The van der Waals surface area contributed by atoms with Gasteiger partial charge in [0.2, 0.25) is 0 Å². The number of hydrogen-bond acceptors (Lipinski definition) is 4. The highest BCUT2D eigenvalue weighted by Gasteiger charge is 2.15. The maximum absolute atomic E-state index is 12.9. The van der Waals surface area contributed by atoms with E-state index >= 15 is 0 Å². The van der Waals surface area contributed by atoms with Gasteiger partial charge in [-0.3, -0.25) is 14.4 Å². The van der Waals surface area contributed by atoms with Gasteiger partial charge in [0.25, 0.3) is 11.8 Å². The number of carbonyl (C=O) groups excluding carboxylic acids is 3. The zero-order chi connectivity index (χ0) is 22.1. The summed E-state index contributed by atoms with van der Waals surface area (Å²) in [5, 5.41) is 5.50. The molecule has 0 bridgehead atoms. The van der Waals surface area contributed by atoms with Crippen LogP contribution in [0, 0.1) is 0 Å². The lowest BCUT2D eigenvalue weighted by atomic mass is 10.1. The normalized spacial score (nSPS) is 10.8. The number of amides is 2. The van der Waals surface area contributed by atoms with E-state index in [0.29, 0.717) is 23.4 Å². The van der Waals surface area contributed by atoms with Crippen LogP contribution in [0.25, 0.3) is 6.08 Å². The van der Waals surface area contributed by atoms with Crippen molar-refractivity contribution in [2.24, 2.45) is 0 Å². The fourth-order valence-corrected chi connectivity index (χ4v) is 2.82. The largest absolute Gasteiger partial charge is 0.427 e. The molecule has 156 valence electrons. The first kappa shape index (κ1) is 21.5. The fraction of sp³-hybridized carbons (Fsp3) is 0.0800. The number of rotatable bonds is 7. The number of esters is 1. The molecule has 0 aliphatic rings. The summed E-state index contributed by atoms with van der Waals surface area (Å²) >= 11 is 0. The number of carbonyl (C=O) groups is 3. The van der Waals surface area contributed by atoms with Gasteiger partial charge in [0.15, 0.2) is 0 Å². The topological polar surface area (TPSA) is 84.5 Å². The van der Waals surface area contributed by atoms with Crippen molar-refractivity contribution in [1.82, 2.24) is 10.6 Å². The maximum Gasteiger partial charge on any atom is 0.308 e. The lowest BCUT2D eigenvalue weighted by molar-refractivity contribution is -0.131. The zero-order valence-electron chi connectivity index (χ0n) is 17.0. The van der Waals surface area contributed by atoms with Crippen LogP contribution in [-0.2, 0) is 16.1 Å². The van der Waals surface area contributed by atoms with Crippen molar-refractivity contribution < 1.29 is 19.1 Å². The minimum atomic E-state index is -0.445. The van der Waals surface area contributed by atoms with E-state index in [2.05, 4.69) is 10.6 Å². The smallest absolute Gasteiger partial charge is 0.308 e. The second-order valence-electron chi connectivity index (χ2n) is 6.71. The van der Waals surface area contributed by atoms with Gasteiger partial charge in [0.1, 0.15) is 11.4 Å². The third kappa shape index (κ3) is 6.68. The van der Waals surface area contributed by atoms with Gasteiger partial charge in [-0.25, -0.2) is 0 Å². The molecular weight excluding hydrogens is 392 g/mol. The molecule has 0 heterocycles. The van der Waals surface area contributed by atoms with E-state index in [1.807, 2.05) is 30.3 Å². The highest BCUT2D eigenvalue weighted by Crippen LogP contribution is 2.16. The first-order valence-corrected chi connectivity index (χ1v) is 9.70. The first-order valence-electron chi connectivity index (χ1n) is 9.70. The molecule has 31 heavy (non-hydrogen) atoms. The summed E-state index contributed by atoms with van der Waals surface area (Å²) in [5.41, 5.74) is 2.03. The van der Waals surface area contributed by atoms with E-state index in [1.54, 1.807) is 54.6 Å². The van der Waals surface area contributed by atoms with Crippen LogP contribution in [0.1, 0.15) is 28.4 Å². The second kappa shape index (κ2) is 10.5. The van der Waals surface area contributed by atoms with Crippen molar-refractivity contribution in [1.29, 1.82) is 0 Å². The Hall–Kier alpha value is -4.19. The van der Waals surface area contributed by atoms with Crippen LogP contribution in [0.5, 0.6) is 5.75 Å². The van der Waals surface area contributed by atoms with E-state index < -0.39 is 17.8 Å². The summed E-state index contributed by atoms with van der Waals surface area (Å²) in [6, 6.07) is 24.8. The van der Waals surface area contributed by atoms with Crippen molar-refractivity contribution in [2.75, 3.05) is 0 Å². The van der Waals surface area contributed by atoms with Crippen LogP contribution in [0.4, 0.5) is 0 Å². The Labute approximate surface area is 180 Å². The fourth-order valence-electron chi connectivity index (χ4n) is 2.82. The number of nitrogens with one attached hydrogen (secondary N) is 2. The molecule has 0 unspecified atom stereocenters. The Kier molecular flexibility index (Phi) is 7.32. The van der Waals surface area contributed by atoms with Gasteiger partial charge in [-0.2, -0.15) is 0 Å². The number of hydrogen-bond donors (Lipinski definition) is 2. The van der Waals surface area contributed by atoms with E-state index in [0.717, 1.165) is 5.56 Å². The summed E-state index contributed by atoms with van der Waals surface area (Å²) in [6.45, 7) is 1.62. The predicted octanol–water partition coefficient (Wildman–Crippen LogP) is 3.70. The minimum absolute atomic E-state index is 0.0739. The summed E-state index contributed by atoms with van der Waals surface area (Å²) < 4.78 is 5.10. The summed E-state index contributed by atoms with van der Waals surface area (Å²) in [6.07, 6.45) is 1.54. The Morgan fingerprint density at radius 2 is 1.55 bits per heavy atom. The van der Waals surface area contributed by atoms with Gasteiger partial charge in [0, 0.05) is 19.0 Å². The molecule has 3 aromatic rings. The van der Waals surface area contributed by atoms with Crippen molar-refractivity contribution in [3.05, 3.63) is 107 Å². The molecule has 0 saturated carbocycles. The standard InChI is InChI=1S/C25H22N2O4/c1-18(28)31-22-14-8-11-20(15-22)16-23(27-24(29)21-12-6-3-7-13-21)25(30)26-17-19-9-4-2-5-10-19/h2-16H,17H2,1H3,(H,26,30)(H,27,29)/b23-16+. The van der Waals surface area contributed by atoms with E-state index in [-0.39, 0.29) is 5.70 Å². The molecule has 3 rings (SSSR count). The molecule has 0 atom stereocenters. The molecule has 0 aliphatic heterocycles. The number of benzene rings is 3. The SMILES string of the molecule is CC(=O)Oc1cccc(/C=C(/NC(=O)c2ccccc2)C(=O)NCc2ccccc2)c1. The molecular formula is C25H22N2O4. The van der Waals surface area contributed by atoms with Crippen LogP contribution in [0.15, 0.2) is 90.6 Å². The van der Waals surface area contributed by atoms with Gasteiger partial charge in [-0.05, 0) is 41.5 Å². The number of ether oxygens (including phenoxy) is 1. The average Bonchev–Trinajstić information content (AvgIpc) is 2.78. The molecule has 0 saturated heterocycles. The minimum Gasteiger partial charge on any atom is -0.427 e. The molecule has 0 aromatic heterocycles. The Morgan fingerprint density at radius 1 is 0.871 bits per heavy atom. The predicted molar refractivity (Wildman–Crippen MR) is 118 cm³/mol. The Balaban J connectivity index is 1.84. The molecule has 3 aromatic carbocycles. The molecule has 6 nitrogen and oxygen atoms in total. The van der Waals surface area contributed by atoms with E-state index in [1.165, 1.54) is 13.0 Å². The Morgan fingerprint density at radius 3 is 2.23 bits per heavy atom. The molecule has 0 fully saturated rings. The lowest BCUT2D eigenvalue weighted by Gasteiger charge is -2.12. The molecule has 2 N–H and O–H groups in total. The summed E-state index contributed by atoms with van der Waals surface area (Å²) in [7, 11) is 0. The van der Waals surface area contributed by atoms with Crippen molar-refractivity contribution in [3.8, 4) is 5.75 Å². The van der Waals surface area contributed by atoms with Crippen LogP contribution >= 0.6 is 0 Å². The molecule has 0 radical (unpaired) electrons. The molecule has 0 spiro atoms. The lowest BCUT2D eigenvalue weighted by Crippen LogP contribution is -2.34. The molecule has 0 aliphatic carbocycles. The second-order valence-corrected chi connectivity index (χ2v) is 6.71. The zero-order valence-corrected chi connectivity index (χ0v) is 17.0. The van der Waals surface area contributed by atoms with Crippen molar-refractivity contribution >= 4 is 23.9 Å². The Bertz CT molecular complexity index is 1090. The third-order valence-electron chi connectivity index (χ3n) is 4.26. The average molecular weight is 414 g/mol. The van der Waals surface area contributed by atoms with Crippen LogP contribution in [-0.4, -0.2) is 17.8 Å². The van der Waals surface area contributed by atoms with Crippen LogP contribution in [0.2, 0.25) is 0 Å². The van der Waals surface area contributed by atoms with Crippen LogP contribution < -0.4 is 15.4 Å². The molecule has 2 amide bonds. The quantitative estimate of drug-likeness (QED) is 0.351. The van der Waals surface area contributed by atoms with Gasteiger partial charge in [0.05, 0.1) is 0 Å². The van der Waals surface area contributed by atoms with Gasteiger partial charge < -0.3 is 15.4 Å². The maximum atomic E-state index is 12.9. The highest BCUT2D eigenvalue weighted by molar-refractivity contribution is 6.05.